The molecule has 2 aromatic rings. The minimum absolute atomic E-state index is 0.512. The van der Waals surface area contributed by atoms with Crippen LogP contribution in [0.1, 0.15) is 16.7 Å². The molecule has 2 nitrogen and oxygen atoms in total. The van der Waals surface area contributed by atoms with Gasteiger partial charge in [0.15, 0.2) is 0 Å². The number of hydrogen-bond acceptors (Lipinski definition) is 2. The molecule has 0 spiro atoms. The van der Waals surface area contributed by atoms with Crippen molar-refractivity contribution in [3.8, 4) is 11.5 Å². The molecule has 0 aliphatic heterocycles. The third-order valence-electron chi connectivity index (χ3n) is 2.55. The molecule has 88 valence electrons. The molecule has 0 N–H and O–H groups in total. The number of aromatic nitrogens is 1. The van der Waals surface area contributed by atoms with Gasteiger partial charge in [-0.3, -0.25) is 0 Å². The van der Waals surface area contributed by atoms with Gasteiger partial charge in [-0.1, -0.05) is 29.3 Å². The highest BCUT2D eigenvalue weighted by molar-refractivity contribution is 6.30. The van der Waals surface area contributed by atoms with E-state index in [0.717, 1.165) is 16.9 Å². The first-order valence-corrected chi connectivity index (χ1v) is 5.81. The van der Waals surface area contributed by atoms with Crippen LogP contribution in [0.2, 0.25) is 5.15 Å². The summed E-state index contributed by atoms with van der Waals surface area (Å²) in [5, 5.41) is 0.512. The van der Waals surface area contributed by atoms with Crippen molar-refractivity contribution in [3.63, 3.8) is 0 Å². The quantitative estimate of drug-likeness (QED) is 0.732. The first-order chi connectivity index (χ1) is 8.06. The van der Waals surface area contributed by atoms with Crippen molar-refractivity contribution >= 4 is 11.6 Å². The zero-order chi connectivity index (χ0) is 12.4. The molecule has 1 aromatic heterocycles. The summed E-state index contributed by atoms with van der Waals surface area (Å²) in [5.74, 6) is 1.55. The molecule has 0 aliphatic carbocycles. The van der Waals surface area contributed by atoms with E-state index < -0.39 is 0 Å². The number of nitrogens with zero attached hydrogens (tertiary/aromatic N) is 1. The molecule has 0 unspecified atom stereocenters. The summed E-state index contributed by atoms with van der Waals surface area (Å²) in [4.78, 5) is 4.06. The third kappa shape index (κ3) is 2.77. The van der Waals surface area contributed by atoms with Crippen molar-refractivity contribution in [3.05, 3.63) is 52.3 Å². The first-order valence-electron chi connectivity index (χ1n) is 5.43. The van der Waals surface area contributed by atoms with Gasteiger partial charge in [-0.05, 0) is 44.0 Å². The van der Waals surface area contributed by atoms with Crippen LogP contribution in [-0.4, -0.2) is 4.98 Å². The van der Waals surface area contributed by atoms with Crippen LogP contribution in [0.25, 0.3) is 0 Å². The second-order valence-electron chi connectivity index (χ2n) is 4.15. The second-order valence-corrected chi connectivity index (χ2v) is 4.51. The zero-order valence-electron chi connectivity index (χ0n) is 10.1. The molecule has 0 fully saturated rings. The molecule has 0 saturated carbocycles. The average Bonchev–Trinajstić information content (AvgIpc) is 2.27. The van der Waals surface area contributed by atoms with Crippen LogP contribution in [0.5, 0.6) is 11.5 Å². The highest BCUT2D eigenvalue weighted by Gasteiger charge is 2.04. The van der Waals surface area contributed by atoms with Gasteiger partial charge in [-0.2, -0.15) is 0 Å². The van der Waals surface area contributed by atoms with E-state index in [0.29, 0.717) is 10.9 Å². The molecule has 3 heteroatoms. The lowest BCUT2D eigenvalue weighted by Crippen LogP contribution is -1.90. The monoisotopic (exact) mass is 247 g/mol. The molecular weight excluding hydrogens is 234 g/mol. The number of aryl methyl sites for hydroxylation is 3. The van der Waals surface area contributed by atoms with E-state index in [4.69, 9.17) is 16.3 Å². The van der Waals surface area contributed by atoms with Gasteiger partial charge in [0.2, 0.25) is 0 Å². The van der Waals surface area contributed by atoms with Gasteiger partial charge in [0.1, 0.15) is 16.7 Å². The molecule has 0 radical (unpaired) electrons. The van der Waals surface area contributed by atoms with Gasteiger partial charge in [-0.25, -0.2) is 4.98 Å². The van der Waals surface area contributed by atoms with E-state index in [1.54, 1.807) is 6.20 Å². The number of benzene rings is 1. The summed E-state index contributed by atoms with van der Waals surface area (Å²) in [6, 6.07) is 7.97. The maximum Gasteiger partial charge on any atom is 0.146 e. The van der Waals surface area contributed by atoms with Crippen LogP contribution in [0, 0.1) is 20.8 Å². The lowest BCUT2D eigenvalue weighted by Gasteiger charge is -2.09. The van der Waals surface area contributed by atoms with E-state index in [2.05, 4.69) is 18.0 Å². The molecule has 0 amide bonds. The maximum absolute atomic E-state index is 5.87. The van der Waals surface area contributed by atoms with Crippen molar-refractivity contribution in [2.24, 2.45) is 0 Å². The smallest absolute Gasteiger partial charge is 0.146 e. The molecule has 1 heterocycles. The van der Waals surface area contributed by atoms with Crippen LogP contribution < -0.4 is 4.74 Å². The Hall–Kier alpha value is -1.54. The van der Waals surface area contributed by atoms with Gasteiger partial charge < -0.3 is 4.74 Å². The number of ether oxygens (including phenoxy) is 1. The fraction of sp³-hybridized carbons (Fsp3) is 0.214. The second kappa shape index (κ2) is 4.76. The van der Waals surface area contributed by atoms with Gasteiger partial charge in [-0.15, -0.1) is 0 Å². The highest BCUT2D eigenvalue weighted by Crippen LogP contribution is 2.27. The summed E-state index contributed by atoms with van der Waals surface area (Å²) in [6.07, 6.45) is 1.63. The molecular formula is C14H14ClNO. The van der Waals surface area contributed by atoms with Crippen molar-refractivity contribution in [1.29, 1.82) is 0 Å². The van der Waals surface area contributed by atoms with Gasteiger partial charge in [0.25, 0.3) is 0 Å². The molecule has 1 aromatic carbocycles. The van der Waals surface area contributed by atoms with Gasteiger partial charge in [0.05, 0.1) is 6.20 Å². The van der Waals surface area contributed by atoms with E-state index in [1.807, 2.05) is 32.0 Å². The van der Waals surface area contributed by atoms with E-state index in [9.17, 15) is 0 Å². The maximum atomic E-state index is 5.87. The Kier molecular flexibility index (Phi) is 3.34. The topological polar surface area (TPSA) is 22.1 Å². The number of pyridine rings is 1. The minimum Gasteiger partial charge on any atom is -0.455 e. The fourth-order valence-electron chi connectivity index (χ4n) is 1.63. The molecule has 17 heavy (non-hydrogen) atoms. The predicted octanol–water partition coefficient (Wildman–Crippen LogP) is 4.45. The number of hydrogen-bond donors (Lipinski definition) is 0. The standard InChI is InChI=1S/C14H14ClNO/c1-9-4-5-13(10(2)6-9)17-12-7-11(3)14(15)16-8-12/h4-8H,1-3H3. The average molecular weight is 248 g/mol. The van der Waals surface area contributed by atoms with Crippen LogP contribution in [0.15, 0.2) is 30.5 Å². The Balaban J connectivity index is 2.28. The lowest BCUT2D eigenvalue weighted by atomic mass is 10.1. The molecule has 0 bridgehead atoms. The Bertz CT molecular complexity index is 552. The van der Waals surface area contributed by atoms with Crippen LogP contribution in [-0.2, 0) is 0 Å². The Labute approximate surface area is 106 Å². The van der Waals surface area contributed by atoms with E-state index in [1.165, 1.54) is 5.56 Å². The third-order valence-corrected chi connectivity index (χ3v) is 2.94. The van der Waals surface area contributed by atoms with Gasteiger partial charge >= 0.3 is 0 Å². The number of halogens is 1. The summed E-state index contributed by atoms with van der Waals surface area (Å²) < 4.78 is 5.78. The largest absolute Gasteiger partial charge is 0.455 e. The minimum atomic E-state index is 0.512. The van der Waals surface area contributed by atoms with Crippen molar-refractivity contribution in [1.82, 2.24) is 4.98 Å². The molecule has 0 aliphatic rings. The van der Waals surface area contributed by atoms with Crippen molar-refractivity contribution in [2.75, 3.05) is 0 Å². The predicted molar refractivity (Wildman–Crippen MR) is 70.0 cm³/mol. The Morgan fingerprint density at radius 3 is 2.47 bits per heavy atom. The fourth-order valence-corrected chi connectivity index (χ4v) is 1.73. The van der Waals surface area contributed by atoms with E-state index in [-0.39, 0.29) is 0 Å². The summed E-state index contributed by atoms with van der Waals surface area (Å²) in [5.41, 5.74) is 3.24. The van der Waals surface area contributed by atoms with E-state index >= 15 is 0 Å². The van der Waals surface area contributed by atoms with Crippen molar-refractivity contribution in [2.45, 2.75) is 20.8 Å². The Morgan fingerprint density at radius 2 is 1.82 bits per heavy atom. The first kappa shape index (κ1) is 11.9. The summed E-state index contributed by atoms with van der Waals surface area (Å²) >= 11 is 5.87. The molecule has 2 rings (SSSR count). The van der Waals surface area contributed by atoms with Crippen LogP contribution >= 0.6 is 11.6 Å². The molecule has 0 saturated heterocycles. The summed E-state index contributed by atoms with van der Waals surface area (Å²) in [6.45, 7) is 5.99. The SMILES string of the molecule is Cc1ccc(Oc2cnc(Cl)c(C)c2)c(C)c1. The molecule has 0 atom stereocenters. The zero-order valence-corrected chi connectivity index (χ0v) is 10.9. The van der Waals surface area contributed by atoms with Crippen LogP contribution in [0.3, 0.4) is 0 Å². The van der Waals surface area contributed by atoms with Crippen molar-refractivity contribution < 1.29 is 4.74 Å². The number of rotatable bonds is 2. The van der Waals surface area contributed by atoms with Gasteiger partial charge in [0, 0.05) is 0 Å². The Morgan fingerprint density at radius 1 is 1.06 bits per heavy atom. The summed E-state index contributed by atoms with van der Waals surface area (Å²) in [7, 11) is 0. The van der Waals surface area contributed by atoms with Crippen LogP contribution in [0.4, 0.5) is 0 Å². The lowest BCUT2D eigenvalue weighted by molar-refractivity contribution is 0.476. The normalized spacial score (nSPS) is 10.4. The highest BCUT2D eigenvalue weighted by atomic mass is 35.5.